The molecule has 0 saturated heterocycles. The first kappa shape index (κ1) is 14.6. The van der Waals surface area contributed by atoms with Gasteiger partial charge in [0, 0.05) is 11.9 Å². The number of hydrogen-bond donors (Lipinski definition) is 1. The number of alkyl halides is 3. The molecule has 2 aromatic rings. The number of rotatable bonds is 3. The number of nitrogens with one attached hydrogen (secondary N) is 1. The molecule has 1 aromatic carbocycles. The summed E-state index contributed by atoms with van der Waals surface area (Å²) in [7, 11) is 0. The van der Waals surface area contributed by atoms with Crippen LogP contribution in [0.2, 0.25) is 5.15 Å². The van der Waals surface area contributed by atoms with E-state index in [0.717, 1.165) is 0 Å². The molecule has 0 aliphatic heterocycles. The highest BCUT2D eigenvalue weighted by Crippen LogP contribution is 2.21. The van der Waals surface area contributed by atoms with Crippen molar-refractivity contribution in [3.05, 3.63) is 41.0 Å². The van der Waals surface area contributed by atoms with E-state index in [1.807, 2.05) is 0 Å². The fourth-order valence-electron chi connectivity index (χ4n) is 1.74. The van der Waals surface area contributed by atoms with Gasteiger partial charge in [-0.2, -0.15) is 13.2 Å². The van der Waals surface area contributed by atoms with Crippen LogP contribution in [0.25, 0.3) is 10.9 Å². The van der Waals surface area contributed by atoms with Gasteiger partial charge in [-0.25, -0.2) is 4.98 Å². The number of halogens is 4. The molecule has 1 heterocycles. The number of hydrogen-bond acceptors (Lipinski definition) is 2. The first-order valence-corrected chi connectivity index (χ1v) is 6.15. The summed E-state index contributed by atoms with van der Waals surface area (Å²) in [4.78, 5) is 16.0. The van der Waals surface area contributed by atoms with E-state index in [0.29, 0.717) is 10.9 Å². The third-order valence-corrected chi connectivity index (χ3v) is 2.82. The number of para-hydroxylation sites is 1. The zero-order valence-corrected chi connectivity index (χ0v) is 10.9. The smallest absolute Gasteiger partial charge is 0.352 e. The molecule has 20 heavy (non-hydrogen) atoms. The molecule has 106 valence electrons. The van der Waals surface area contributed by atoms with Gasteiger partial charge >= 0.3 is 6.18 Å². The van der Waals surface area contributed by atoms with Gasteiger partial charge in [-0.05, 0) is 12.1 Å². The van der Waals surface area contributed by atoms with Crippen molar-refractivity contribution in [3.8, 4) is 0 Å². The number of benzene rings is 1. The van der Waals surface area contributed by atoms with Crippen molar-refractivity contribution in [1.29, 1.82) is 0 Å². The van der Waals surface area contributed by atoms with Gasteiger partial charge in [-0.15, -0.1) is 0 Å². The van der Waals surface area contributed by atoms with Crippen molar-refractivity contribution in [3.63, 3.8) is 0 Å². The first-order chi connectivity index (χ1) is 9.37. The number of amides is 1. The molecular weight excluding hydrogens is 293 g/mol. The monoisotopic (exact) mass is 302 g/mol. The van der Waals surface area contributed by atoms with Crippen LogP contribution in [0.1, 0.15) is 16.8 Å². The van der Waals surface area contributed by atoms with Gasteiger partial charge in [0.2, 0.25) is 0 Å². The van der Waals surface area contributed by atoms with Crippen molar-refractivity contribution >= 4 is 28.4 Å². The molecule has 0 aliphatic rings. The lowest BCUT2D eigenvalue weighted by molar-refractivity contribution is -0.132. The fourth-order valence-corrected chi connectivity index (χ4v) is 1.94. The molecule has 7 heteroatoms. The van der Waals surface area contributed by atoms with E-state index in [1.165, 1.54) is 6.07 Å². The molecule has 0 fully saturated rings. The molecule has 0 radical (unpaired) electrons. The second kappa shape index (κ2) is 5.66. The Kier molecular flexibility index (Phi) is 4.13. The van der Waals surface area contributed by atoms with E-state index in [9.17, 15) is 18.0 Å². The second-order valence-electron chi connectivity index (χ2n) is 4.13. The molecule has 0 saturated carbocycles. The van der Waals surface area contributed by atoms with Crippen LogP contribution in [0, 0.1) is 0 Å². The van der Waals surface area contributed by atoms with Crippen molar-refractivity contribution in [2.24, 2.45) is 0 Å². The Bertz CT molecular complexity index is 643. The van der Waals surface area contributed by atoms with E-state index in [2.05, 4.69) is 10.3 Å². The van der Waals surface area contributed by atoms with Crippen LogP contribution in [0.15, 0.2) is 30.3 Å². The van der Waals surface area contributed by atoms with Crippen molar-refractivity contribution < 1.29 is 18.0 Å². The molecule has 0 aliphatic carbocycles. The average molecular weight is 303 g/mol. The number of pyridine rings is 1. The zero-order chi connectivity index (χ0) is 14.8. The third-order valence-electron chi connectivity index (χ3n) is 2.62. The van der Waals surface area contributed by atoms with Crippen molar-refractivity contribution in [2.75, 3.05) is 6.54 Å². The Balaban J connectivity index is 2.22. The second-order valence-corrected chi connectivity index (χ2v) is 4.52. The van der Waals surface area contributed by atoms with Crippen LogP contribution in [0.3, 0.4) is 0 Å². The lowest BCUT2D eigenvalue weighted by Gasteiger charge is -2.09. The maximum atomic E-state index is 12.0. The maximum Gasteiger partial charge on any atom is 0.390 e. The highest BCUT2D eigenvalue weighted by molar-refractivity contribution is 6.30. The molecule has 0 spiro atoms. The summed E-state index contributed by atoms with van der Waals surface area (Å²) in [6.45, 7) is -0.476. The lowest BCUT2D eigenvalue weighted by Crippen LogP contribution is -2.28. The fraction of sp³-hybridized carbons (Fsp3) is 0.231. The minimum atomic E-state index is -4.30. The highest BCUT2D eigenvalue weighted by Gasteiger charge is 2.26. The third kappa shape index (κ3) is 3.60. The summed E-state index contributed by atoms with van der Waals surface area (Å²) in [5.41, 5.74) is 0.726. The molecule has 2 rings (SSSR count). The lowest BCUT2D eigenvalue weighted by atomic mass is 10.1. The molecule has 0 unspecified atom stereocenters. The minimum absolute atomic E-state index is 0.115. The largest absolute Gasteiger partial charge is 0.390 e. The predicted octanol–water partition coefficient (Wildman–Crippen LogP) is 3.57. The summed E-state index contributed by atoms with van der Waals surface area (Å²) in [6.07, 6.45) is -5.37. The van der Waals surface area contributed by atoms with E-state index in [-0.39, 0.29) is 10.7 Å². The van der Waals surface area contributed by atoms with Gasteiger partial charge in [0.15, 0.2) is 0 Å². The van der Waals surface area contributed by atoms with Gasteiger partial charge in [-0.1, -0.05) is 29.8 Å². The summed E-state index contributed by atoms with van der Waals surface area (Å²) in [6, 6.07) is 8.12. The number of fused-ring (bicyclic) bond motifs is 1. The minimum Gasteiger partial charge on any atom is -0.352 e. The molecule has 1 N–H and O–H groups in total. The van der Waals surface area contributed by atoms with E-state index in [1.54, 1.807) is 24.3 Å². The molecule has 3 nitrogen and oxygen atoms in total. The van der Waals surface area contributed by atoms with Crippen LogP contribution < -0.4 is 5.32 Å². The Morgan fingerprint density at radius 2 is 2.00 bits per heavy atom. The number of carbonyl (C=O) groups excluding carboxylic acids is 1. The Hall–Kier alpha value is -1.82. The van der Waals surface area contributed by atoms with Crippen LogP contribution >= 0.6 is 11.6 Å². The van der Waals surface area contributed by atoms with Crippen LogP contribution in [-0.2, 0) is 0 Å². The molecule has 0 bridgehead atoms. The van der Waals surface area contributed by atoms with Crippen LogP contribution in [0.5, 0.6) is 0 Å². The van der Waals surface area contributed by atoms with Gasteiger partial charge < -0.3 is 5.32 Å². The van der Waals surface area contributed by atoms with Gasteiger partial charge in [0.1, 0.15) is 5.15 Å². The van der Waals surface area contributed by atoms with Gasteiger partial charge in [0.05, 0.1) is 17.5 Å². The summed E-state index contributed by atoms with van der Waals surface area (Å²) in [5, 5.41) is 2.89. The van der Waals surface area contributed by atoms with Gasteiger partial charge in [0.25, 0.3) is 5.91 Å². The number of carbonyl (C=O) groups is 1. The normalized spacial score (nSPS) is 11.6. The van der Waals surface area contributed by atoms with E-state index < -0.39 is 25.0 Å². The first-order valence-electron chi connectivity index (χ1n) is 5.77. The predicted molar refractivity (Wildman–Crippen MR) is 69.8 cm³/mol. The molecular formula is C13H10ClF3N2O. The topological polar surface area (TPSA) is 42.0 Å². The average Bonchev–Trinajstić information content (AvgIpc) is 2.36. The zero-order valence-electron chi connectivity index (χ0n) is 10.2. The molecule has 0 atom stereocenters. The molecule has 1 aromatic heterocycles. The Labute approximate surface area is 117 Å². The standard InChI is InChI=1S/C13H10ClF3N2O/c14-11-7-9(8-3-1-2-4-10(8)19-11)12(20)18-6-5-13(15,16)17/h1-4,7H,5-6H2,(H,18,20). The summed E-state index contributed by atoms with van der Waals surface area (Å²) >= 11 is 5.80. The Morgan fingerprint density at radius 1 is 1.30 bits per heavy atom. The van der Waals surface area contributed by atoms with E-state index >= 15 is 0 Å². The number of nitrogens with zero attached hydrogens (tertiary/aromatic N) is 1. The van der Waals surface area contributed by atoms with Crippen LogP contribution in [0.4, 0.5) is 13.2 Å². The van der Waals surface area contributed by atoms with E-state index in [4.69, 9.17) is 11.6 Å². The summed E-state index contributed by atoms with van der Waals surface area (Å²) < 4.78 is 36.1. The summed E-state index contributed by atoms with van der Waals surface area (Å²) in [5.74, 6) is -0.602. The maximum absolute atomic E-state index is 12.0. The van der Waals surface area contributed by atoms with Crippen molar-refractivity contribution in [1.82, 2.24) is 10.3 Å². The SMILES string of the molecule is O=C(NCCC(F)(F)F)c1cc(Cl)nc2ccccc12. The number of aromatic nitrogens is 1. The van der Waals surface area contributed by atoms with Gasteiger partial charge in [-0.3, -0.25) is 4.79 Å². The Morgan fingerprint density at radius 3 is 2.70 bits per heavy atom. The van der Waals surface area contributed by atoms with Crippen molar-refractivity contribution in [2.45, 2.75) is 12.6 Å². The quantitative estimate of drug-likeness (QED) is 0.881. The van der Waals surface area contributed by atoms with Crippen LogP contribution in [-0.4, -0.2) is 23.6 Å². The highest BCUT2D eigenvalue weighted by atomic mass is 35.5. The molecule has 1 amide bonds.